The zero-order valence-corrected chi connectivity index (χ0v) is 14.0. The van der Waals surface area contributed by atoms with Crippen molar-refractivity contribution in [2.24, 2.45) is 0 Å². The number of nitrogens with zero attached hydrogens (tertiary/aromatic N) is 1. The number of hydrogen-bond acceptors (Lipinski definition) is 4. The summed E-state index contributed by atoms with van der Waals surface area (Å²) >= 11 is 0. The fourth-order valence-corrected chi connectivity index (χ4v) is 2.30. The molecule has 0 unspecified atom stereocenters. The number of anilines is 1. The normalized spacial score (nSPS) is 10.1. The highest BCUT2D eigenvalue weighted by molar-refractivity contribution is 5.90. The number of carbonyl (C=O) groups excluding carboxylic acids is 1. The van der Waals surface area contributed by atoms with Crippen LogP contribution in [0.25, 0.3) is 0 Å². The molecular formula is C17H21N3O4. The maximum Gasteiger partial charge on any atom is 0.319 e. The predicted molar refractivity (Wildman–Crippen MR) is 92.0 cm³/mol. The van der Waals surface area contributed by atoms with Crippen LogP contribution in [0.5, 0.6) is 11.5 Å². The lowest BCUT2D eigenvalue weighted by Gasteiger charge is -2.13. The van der Waals surface area contributed by atoms with Gasteiger partial charge in [-0.25, -0.2) is 4.79 Å². The second kappa shape index (κ2) is 8.05. The van der Waals surface area contributed by atoms with Crippen molar-refractivity contribution in [3.8, 4) is 11.5 Å². The zero-order chi connectivity index (χ0) is 17.5. The molecule has 2 aromatic rings. The van der Waals surface area contributed by atoms with Crippen LogP contribution in [0, 0.1) is 6.92 Å². The van der Waals surface area contributed by atoms with E-state index in [-0.39, 0.29) is 11.6 Å². The quantitative estimate of drug-likeness (QED) is 0.848. The van der Waals surface area contributed by atoms with Gasteiger partial charge in [0, 0.05) is 24.8 Å². The average Bonchev–Trinajstić information content (AvgIpc) is 2.57. The van der Waals surface area contributed by atoms with Crippen LogP contribution in [-0.2, 0) is 6.54 Å². The molecule has 7 heteroatoms. The summed E-state index contributed by atoms with van der Waals surface area (Å²) in [5.74, 6) is 1.10. The van der Waals surface area contributed by atoms with Crippen molar-refractivity contribution in [2.75, 3.05) is 26.1 Å². The molecule has 0 bridgehead atoms. The molecule has 1 aromatic heterocycles. The van der Waals surface area contributed by atoms with Gasteiger partial charge >= 0.3 is 6.03 Å². The van der Waals surface area contributed by atoms with Crippen LogP contribution in [-0.4, -0.2) is 31.4 Å². The summed E-state index contributed by atoms with van der Waals surface area (Å²) in [6, 6.07) is 9.96. The van der Waals surface area contributed by atoms with Gasteiger partial charge in [0.1, 0.15) is 11.5 Å². The molecule has 0 atom stereocenters. The predicted octanol–water partition coefficient (Wildman–Crippen LogP) is 2.00. The van der Waals surface area contributed by atoms with Crippen LogP contribution in [0.4, 0.5) is 10.5 Å². The summed E-state index contributed by atoms with van der Waals surface area (Å²) in [7, 11) is 3.06. The first-order valence-corrected chi connectivity index (χ1v) is 7.48. The molecule has 7 nitrogen and oxygen atoms in total. The summed E-state index contributed by atoms with van der Waals surface area (Å²) in [6.07, 6.45) is 0. The number of rotatable bonds is 6. The minimum atomic E-state index is -0.362. The first-order chi connectivity index (χ1) is 11.5. The van der Waals surface area contributed by atoms with E-state index in [1.54, 1.807) is 28.8 Å². The molecular weight excluding hydrogens is 310 g/mol. The van der Waals surface area contributed by atoms with E-state index >= 15 is 0 Å². The molecule has 0 aliphatic rings. The Hall–Kier alpha value is -2.96. The Kier molecular flexibility index (Phi) is 5.83. The molecule has 24 heavy (non-hydrogen) atoms. The Labute approximate surface area is 140 Å². The molecule has 1 heterocycles. The molecule has 0 saturated heterocycles. The van der Waals surface area contributed by atoms with Gasteiger partial charge in [-0.15, -0.1) is 0 Å². The maximum absolute atomic E-state index is 12.0. The van der Waals surface area contributed by atoms with Crippen molar-refractivity contribution in [3.05, 3.63) is 52.4 Å². The monoisotopic (exact) mass is 331 g/mol. The van der Waals surface area contributed by atoms with Crippen LogP contribution >= 0.6 is 0 Å². The van der Waals surface area contributed by atoms with Gasteiger partial charge in [-0.2, -0.15) is 0 Å². The first-order valence-electron chi connectivity index (χ1n) is 7.48. The van der Waals surface area contributed by atoms with E-state index in [9.17, 15) is 9.59 Å². The second-order valence-corrected chi connectivity index (χ2v) is 5.11. The summed E-state index contributed by atoms with van der Waals surface area (Å²) < 4.78 is 11.8. The largest absolute Gasteiger partial charge is 0.496 e. The van der Waals surface area contributed by atoms with Gasteiger partial charge in [0.25, 0.3) is 5.56 Å². The van der Waals surface area contributed by atoms with Gasteiger partial charge in [-0.3, -0.25) is 4.79 Å². The standard InChI is InChI=1S/C17H21N3O4/c1-12-10-13(23-2)11-16(21)20(12)9-8-18-17(22)19-14-6-4-5-7-15(14)24-3/h4-7,10-11H,8-9H2,1-3H3,(H2,18,19,22). The van der Waals surface area contributed by atoms with E-state index in [0.29, 0.717) is 30.3 Å². The van der Waals surface area contributed by atoms with Crippen molar-refractivity contribution in [2.45, 2.75) is 13.5 Å². The number of urea groups is 1. The van der Waals surface area contributed by atoms with Gasteiger partial charge in [0.2, 0.25) is 0 Å². The highest BCUT2D eigenvalue weighted by Gasteiger charge is 2.07. The van der Waals surface area contributed by atoms with E-state index in [1.165, 1.54) is 20.3 Å². The smallest absolute Gasteiger partial charge is 0.319 e. The summed E-state index contributed by atoms with van der Waals surface area (Å²) in [5, 5.41) is 5.43. The van der Waals surface area contributed by atoms with Crippen LogP contribution < -0.4 is 25.7 Å². The number of methoxy groups -OCH3 is 2. The average molecular weight is 331 g/mol. The molecule has 1 aromatic carbocycles. The van der Waals surface area contributed by atoms with Crippen molar-refractivity contribution in [1.29, 1.82) is 0 Å². The lowest BCUT2D eigenvalue weighted by atomic mass is 10.3. The van der Waals surface area contributed by atoms with E-state index < -0.39 is 0 Å². The summed E-state index contributed by atoms with van der Waals surface area (Å²) in [6.45, 7) is 2.50. The molecule has 2 amide bonds. The number of para-hydroxylation sites is 2. The Morgan fingerprint density at radius 2 is 1.92 bits per heavy atom. The van der Waals surface area contributed by atoms with Gasteiger partial charge in [0.05, 0.1) is 19.9 Å². The number of ether oxygens (including phenoxy) is 2. The molecule has 2 rings (SSSR count). The molecule has 0 aliphatic heterocycles. The third-order valence-corrected chi connectivity index (χ3v) is 3.52. The number of aromatic nitrogens is 1. The number of hydrogen-bond donors (Lipinski definition) is 2. The van der Waals surface area contributed by atoms with Crippen LogP contribution in [0.3, 0.4) is 0 Å². The number of nitrogens with one attached hydrogen (secondary N) is 2. The maximum atomic E-state index is 12.0. The lowest BCUT2D eigenvalue weighted by molar-refractivity contribution is 0.251. The molecule has 128 valence electrons. The molecule has 0 radical (unpaired) electrons. The van der Waals surface area contributed by atoms with Gasteiger partial charge in [-0.1, -0.05) is 12.1 Å². The number of carbonyl (C=O) groups is 1. The third-order valence-electron chi connectivity index (χ3n) is 3.52. The Balaban J connectivity index is 1.93. The Morgan fingerprint density at radius 1 is 1.17 bits per heavy atom. The molecule has 2 N–H and O–H groups in total. The van der Waals surface area contributed by atoms with Crippen LogP contribution in [0.2, 0.25) is 0 Å². The van der Waals surface area contributed by atoms with Crippen molar-refractivity contribution >= 4 is 11.7 Å². The first kappa shape index (κ1) is 17.4. The highest BCUT2D eigenvalue weighted by Crippen LogP contribution is 2.22. The second-order valence-electron chi connectivity index (χ2n) is 5.11. The number of benzene rings is 1. The minimum Gasteiger partial charge on any atom is -0.496 e. The molecule has 0 aliphatic carbocycles. The fourth-order valence-electron chi connectivity index (χ4n) is 2.30. The van der Waals surface area contributed by atoms with E-state index in [2.05, 4.69) is 10.6 Å². The summed E-state index contributed by atoms with van der Waals surface area (Å²) in [4.78, 5) is 24.0. The minimum absolute atomic E-state index is 0.168. The number of amides is 2. The summed E-state index contributed by atoms with van der Waals surface area (Å²) in [5.41, 5.74) is 1.18. The van der Waals surface area contributed by atoms with E-state index in [0.717, 1.165) is 5.69 Å². The molecule has 0 fully saturated rings. The Bertz CT molecular complexity index is 771. The van der Waals surface area contributed by atoms with Gasteiger partial charge in [-0.05, 0) is 25.1 Å². The van der Waals surface area contributed by atoms with Crippen molar-refractivity contribution < 1.29 is 14.3 Å². The topological polar surface area (TPSA) is 81.6 Å². The zero-order valence-electron chi connectivity index (χ0n) is 14.0. The van der Waals surface area contributed by atoms with Gasteiger partial charge < -0.3 is 24.7 Å². The van der Waals surface area contributed by atoms with E-state index in [4.69, 9.17) is 9.47 Å². The van der Waals surface area contributed by atoms with Crippen molar-refractivity contribution in [1.82, 2.24) is 9.88 Å². The lowest BCUT2D eigenvalue weighted by Crippen LogP contribution is -2.34. The van der Waals surface area contributed by atoms with Crippen LogP contribution in [0.1, 0.15) is 5.69 Å². The van der Waals surface area contributed by atoms with E-state index in [1.807, 2.05) is 13.0 Å². The number of aryl methyl sites for hydroxylation is 1. The highest BCUT2D eigenvalue weighted by atomic mass is 16.5. The van der Waals surface area contributed by atoms with Crippen molar-refractivity contribution in [3.63, 3.8) is 0 Å². The SMILES string of the molecule is COc1cc(C)n(CCNC(=O)Nc2ccccc2OC)c(=O)c1. The number of pyridine rings is 1. The van der Waals surface area contributed by atoms with Gasteiger partial charge in [0.15, 0.2) is 0 Å². The third kappa shape index (κ3) is 4.28. The fraction of sp³-hybridized carbons (Fsp3) is 0.294. The van der Waals surface area contributed by atoms with Crippen LogP contribution in [0.15, 0.2) is 41.2 Å². The molecule has 0 saturated carbocycles. The molecule has 0 spiro atoms. The Morgan fingerprint density at radius 3 is 2.58 bits per heavy atom.